The van der Waals surface area contributed by atoms with Crippen LogP contribution in [0.25, 0.3) is 0 Å². The summed E-state index contributed by atoms with van der Waals surface area (Å²) in [5.41, 5.74) is 0. The molecule has 3 heteroatoms. The van der Waals surface area contributed by atoms with Crippen molar-refractivity contribution in [1.29, 1.82) is 0 Å². The summed E-state index contributed by atoms with van der Waals surface area (Å²) in [6.45, 7) is 2.08. The van der Waals surface area contributed by atoms with Crippen molar-refractivity contribution in [1.82, 2.24) is 0 Å². The zero-order chi connectivity index (χ0) is 10.4. The summed E-state index contributed by atoms with van der Waals surface area (Å²) in [6, 6.07) is 0. The molecule has 0 spiro atoms. The van der Waals surface area contributed by atoms with E-state index in [0.29, 0.717) is 0 Å². The summed E-state index contributed by atoms with van der Waals surface area (Å²) in [5.74, 6) is 5.37. The van der Waals surface area contributed by atoms with E-state index in [1.54, 1.807) is 0 Å². The molecular formula is C11H14O3. The summed E-state index contributed by atoms with van der Waals surface area (Å²) in [4.78, 5) is 11.2. The number of ether oxygens (including phenoxy) is 1. The standard InChI is InChI=1S/C11H14O3/c1-2-3-4-5-6-10-9(12)7-8-11(13)14-10/h7-8,10-11,13H,2-4H2,1H3. The van der Waals surface area contributed by atoms with Gasteiger partial charge >= 0.3 is 0 Å². The van der Waals surface area contributed by atoms with Gasteiger partial charge in [0.15, 0.2) is 18.2 Å². The SMILES string of the molecule is CCCCC#CC1OC(O)C=CC1=O. The van der Waals surface area contributed by atoms with Crippen molar-refractivity contribution in [2.75, 3.05) is 0 Å². The average Bonchev–Trinajstić information content (AvgIpc) is 2.18. The van der Waals surface area contributed by atoms with Crippen LogP contribution in [0.2, 0.25) is 0 Å². The van der Waals surface area contributed by atoms with Crippen LogP contribution >= 0.6 is 0 Å². The molecule has 3 nitrogen and oxygen atoms in total. The van der Waals surface area contributed by atoms with Crippen molar-refractivity contribution >= 4 is 5.78 Å². The fraction of sp³-hybridized carbons (Fsp3) is 0.545. The third-order valence-corrected chi connectivity index (χ3v) is 1.85. The molecule has 1 N–H and O–H groups in total. The lowest BCUT2D eigenvalue weighted by molar-refractivity contribution is -0.139. The molecule has 1 heterocycles. The molecule has 0 radical (unpaired) electrons. The molecule has 2 unspecified atom stereocenters. The van der Waals surface area contributed by atoms with E-state index in [2.05, 4.69) is 18.8 Å². The Bertz CT molecular complexity index is 283. The maximum atomic E-state index is 11.2. The van der Waals surface area contributed by atoms with Crippen LogP contribution in [0.15, 0.2) is 12.2 Å². The van der Waals surface area contributed by atoms with Gasteiger partial charge in [0, 0.05) is 6.42 Å². The van der Waals surface area contributed by atoms with E-state index in [0.717, 1.165) is 19.3 Å². The molecule has 1 aliphatic heterocycles. The van der Waals surface area contributed by atoms with Crippen molar-refractivity contribution in [3.8, 4) is 11.8 Å². The average molecular weight is 194 g/mol. The fourth-order valence-corrected chi connectivity index (χ4v) is 1.05. The Labute approximate surface area is 83.8 Å². The van der Waals surface area contributed by atoms with Gasteiger partial charge in [0.25, 0.3) is 0 Å². The Morgan fingerprint density at radius 2 is 2.43 bits per heavy atom. The number of ketones is 1. The monoisotopic (exact) mass is 194 g/mol. The molecule has 0 amide bonds. The Balaban J connectivity index is 2.46. The fourth-order valence-electron chi connectivity index (χ4n) is 1.05. The van der Waals surface area contributed by atoms with Crippen molar-refractivity contribution in [2.45, 2.75) is 38.6 Å². The van der Waals surface area contributed by atoms with Crippen LogP contribution in [0, 0.1) is 11.8 Å². The highest BCUT2D eigenvalue weighted by atomic mass is 16.6. The molecule has 0 saturated heterocycles. The van der Waals surface area contributed by atoms with Crippen LogP contribution in [-0.4, -0.2) is 23.3 Å². The number of unbranched alkanes of at least 4 members (excludes halogenated alkanes) is 2. The molecule has 0 aromatic rings. The van der Waals surface area contributed by atoms with E-state index in [1.807, 2.05) is 0 Å². The largest absolute Gasteiger partial charge is 0.365 e. The number of rotatable bonds is 2. The number of aliphatic hydroxyl groups is 1. The maximum absolute atomic E-state index is 11.2. The second-order valence-electron chi connectivity index (χ2n) is 3.09. The minimum absolute atomic E-state index is 0.195. The predicted octanol–water partition coefficient (Wildman–Crippen LogP) is 1.02. The molecule has 1 rings (SSSR count). The third-order valence-electron chi connectivity index (χ3n) is 1.85. The molecule has 2 atom stereocenters. The zero-order valence-corrected chi connectivity index (χ0v) is 8.19. The number of carbonyl (C=O) groups is 1. The van der Waals surface area contributed by atoms with Crippen LogP contribution in [0.5, 0.6) is 0 Å². The second kappa shape index (κ2) is 5.58. The lowest BCUT2D eigenvalue weighted by atomic mass is 10.1. The highest BCUT2D eigenvalue weighted by molar-refractivity contribution is 5.96. The van der Waals surface area contributed by atoms with E-state index >= 15 is 0 Å². The van der Waals surface area contributed by atoms with Crippen LogP contribution in [-0.2, 0) is 9.53 Å². The molecule has 0 aromatic carbocycles. The summed E-state index contributed by atoms with van der Waals surface area (Å²) in [7, 11) is 0. The Morgan fingerprint density at radius 1 is 1.64 bits per heavy atom. The normalized spacial score (nSPS) is 25.7. The summed E-state index contributed by atoms with van der Waals surface area (Å²) in [5, 5.41) is 9.07. The van der Waals surface area contributed by atoms with Gasteiger partial charge in [-0.15, -0.1) is 5.92 Å². The van der Waals surface area contributed by atoms with Gasteiger partial charge in [-0.2, -0.15) is 0 Å². The van der Waals surface area contributed by atoms with Gasteiger partial charge in [-0.3, -0.25) is 4.79 Å². The predicted molar refractivity (Wildman–Crippen MR) is 52.3 cm³/mol. The first kappa shape index (κ1) is 11.0. The Hall–Kier alpha value is -1.11. The molecule has 0 fully saturated rings. The van der Waals surface area contributed by atoms with Gasteiger partial charge in [-0.05, 0) is 18.6 Å². The van der Waals surface area contributed by atoms with E-state index in [1.165, 1.54) is 12.2 Å². The van der Waals surface area contributed by atoms with Gasteiger partial charge in [-0.1, -0.05) is 19.3 Å². The van der Waals surface area contributed by atoms with Crippen molar-refractivity contribution in [3.05, 3.63) is 12.2 Å². The van der Waals surface area contributed by atoms with Crippen molar-refractivity contribution in [3.63, 3.8) is 0 Å². The molecule has 0 aromatic heterocycles. The van der Waals surface area contributed by atoms with Crippen LogP contribution < -0.4 is 0 Å². The number of hydrogen-bond donors (Lipinski definition) is 1. The van der Waals surface area contributed by atoms with Crippen molar-refractivity contribution in [2.24, 2.45) is 0 Å². The first-order chi connectivity index (χ1) is 6.74. The number of aliphatic hydroxyl groups excluding tert-OH is 1. The topological polar surface area (TPSA) is 46.5 Å². The maximum Gasteiger partial charge on any atom is 0.196 e. The molecule has 0 aliphatic carbocycles. The van der Waals surface area contributed by atoms with Gasteiger partial charge in [0.05, 0.1) is 0 Å². The molecular weight excluding hydrogens is 180 g/mol. The van der Waals surface area contributed by atoms with Crippen LogP contribution in [0.3, 0.4) is 0 Å². The molecule has 0 bridgehead atoms. The Morgan fingerprint density at radius 3 is 3.14 bits per heavy atom. The van der Waals surface area contributed by atoms with Gasteiger partial charge in [-0.25, -0.2) is 0 Å². The van der Waals surface area contributed by atoms with Crippen LogP contribution in [0.1, 0.15) is 26.2 Å². The van der Waals surface area contributed by atoms with E-state index < -0.39 is 12.4 Å². The third kappa shape index (κ3) is 3.33. The summed E-state index contributed by atoms with van der Waals surface area (Å²) in [6.07, 6.45) is 3.71. The van der Waals surface area contributed by atoms with Gasteiger partial charge < -0.3 is 9.84 Å². The highest BCUT2D eigenvalue weighted by Gasteiger charge is 2.21. The van der Waals surface area contributed by atoms with E-state index in [9.17, 15) is 4.79 Å². The number of hydrogen-bond acceptors (Lipinski definition) is 3. The Kier molecular flexibility index (Phi) is 4.37. The number of carbonyl (C=O) groups excluding carboxylic acids is 1. The van der Waals surface area contributed by atoms with Gasteiger partial charge in [0.2, 0.25) is 0 Å². The summed E-state index contributed by atoms with van der Waals surface area (Å²) < 4.78 is 4.92. The summed E-state index contributed by atoms with van der Waals surface area (Å²) >= 11 is 0. The lowest BCUT2D eigenvalue weighted by Gasteiger charge is -2.16. The van der Waals surface area contributed by atoms with Crippen LogP contribution in [0.4, 0.5) is 0 Å². The molecule has 0 saturated carbocycles. The second-order valence-corrected chi connectivity index (χ2v) is 3.09. The quantitative estimate of drug-likeness (QED) is 0.527. The minimum atomic E-state index is -1.00. The minimum Gasteiger partial charge on any atom is -0.365 e. The smallest absolute Gasteiger partial charge is 0.196 e. The van der Waals surface area contributed by atoms with E-state index in [4.69, 9.17) is 9.84 Å². The lowest BCUT2D eigenvalue weighted by Crippen LogP contribution is -2.30. The first-order valence-electron chi connectivity index (χ1n) is 4.78. The zero-order valence-electron chi connectivity index (χ0n) is 8.19. The molecule has 76 valence electrons. The molecule has 1 aliphatic rings. The highest BCUT2D eigenvalue weighted by Crippen LogP contribution is 2.06. The first-order valence-corrected chi connectivity index (χ1v) is 4.78. The van der Waals surface area contributed by atoms with Crippen molar-refractivity contribution < 1.29 is 14.6 Å². The van der Waals surface area contributed by atoms with E-state index in [-0.39, 0.29) is 5.78 Å². The molecule has 14 heavy (non-hydrogen) atoms. The van der Waals surface area contributed by atoms with Gasteiger partial charge in [0.1, 0.15) is 0 Å².